The van der Waals surface area contributed by atoms with Gasteiger partial charge < -0.3 is 0 Å². The number of halogens is 2. The Labute approximate surface area is 224 Å². The maximum Gasteiger partial charge on any atom is 0.252 e. The zero-order valence-corrected chi connectivity index (χ0v) is 23.1. The lowest BCUT2D eigenvalue weighted by Gasteiger charge is -2.33. The third-order valence-electron chi connectivity index (χ3n) is 5.78. The number of thiophene rings is 1. The number of anilines is 1. The molecule has 1 aromatic carbocycles. The summed E-state index contributed by atoms with van der Waals surface area (Å²) in [6.45, 7) is 0.799. The summed E-state index contributed by atoms with van der Waals surface area (Å²) in [5.41, 5.74) is 1.68. The number of fused-ring (bicyclic) bond motifs is 1. The summed E-state index contributed by atoms with van der Waals surface area (Å²) in [7, 11) is -3.71. The number of hydrogen-bond donors (Lipinski definition) is 0. The highest BCUT2D eigenvalue weighted by molar-refractivity contribution is 9.10. The van der Waals surface area contributed by atoms with E-state index in [1.54, 1.807) is 23.4 Å². The van der Waals surface area contributed by atoms with E-state index < -0.39 is 15.9 Å². The molecule has 1 aliphatic heterocycles. The average Bonchev–Trinajstić information content (AvgIpc) is 3.49. The van der Waals surface area contributed by atoms with Gasteiger partial charge in [-0.25, -0.2) is 13.4 Å². The zero-order chi connectivity index (χ0) is 24.6. The fourth-order valence-corrected chi connectivity index (χ4v) is 8.75. The Bertz CT molecular complexity index is 1480. The highest BCUT2D eigenvalue weighted by Crippen LogP contribution is 2.35. The number of piperidine rings is 1. The molecule has 35 heavy (non-hydrogen) atoms. The van der Waals surface area contributed by atoms with Crippen LogP contribution >= 0.6 is 50.2 Å². The zero-order valence-electron chi connectivity index (χ0n) is 18.3. The fourth-order valence-electron chi connectivity index (χ4n) is 4.06. The van der Waals surface area contributed by atoms with Crippen molar-refractivity contribution in [1.29, 1.82) is 0 Å². The average molecular weight is 612 g/mol. The maximum absolute atomic E-state index is 13.9. The van der Waals surface area contributed by atoms with Gasteiger partial charge >= 0.3 is 0 Å². The highest BCUT2D eigenvalue weighted by Gasteiger charge is 2.36. The van der Waals surface area contributed by atoms with Gasteiger partial charge in [0.2, 0.25) is 5.91 Å². The minimum Gasteiger partial charge on any atom is -0.283 e. The molecule has 0 radical (unpaired) electrons. The molecule has 0 N–H and O–H groups in total. The molecule has 5 rings (SSSR count). The van der Waals surface area contributed by atoms with Crippen molar-refractivity contribution in [3.8, 4) is 0 Å². The number of carbonyl (C=O) groups is 1. The summed E-state index contributed by atoms with van der Waals surface area (Å²) in [6, 6.07) is 12.6. The van der Waals surface area contributed by atoms with Crippen molar-refractivity contribution in [2.75, 3.05) is 18.0 Å². The molecule has 1 saturated heterocycles. The van der Waals surface area contributed by atoms with Gasteiger partial charge in [-0.3, -0.25) is 14.7 Å². The Hall–Kier alpha value is -1.89. The normalized spacial score (nSPS) is 17.0. The molecule has 4 heterocycles. The van der Waals surface area contributed by atoms with E-state index in [1.165, 1.54) is 21.7 Å². The number of amides is 1. The molecule has 0 saturated carbocycles. The van der Waals surface area contributed by atoms with E-state index in [-0.39, 0.29) is 16.7 Å². The number of benzene rings is 1. The Morgan fingerprint density at radius 1 is 1.23 bits per heavy atom. The third kappa shape index (κ3) is 5.30. The Morgan fingerprint density at radius 3 is 2.83 bits per heavy atom. The molecule has 0 aliphatic carbocycles. The lowest BCUT2D eigenvalue weighted by Crippen LogP contribution is -2.46. The van der Waals surface area contributed by atoms with Crippen LogP contribution in [0, 0.1) is 5.92 Å². The number of aromatic nitrogens is 2. The second kappa shape index (κ2) is 10.2. The molecule has 0 bridgehead atoms. The van der Waals surface area contributed by atoms with E-state index in [2.05, 4.69) is 20.9 Å². The molecule has 3 aromatic heterocycles. The SMILES string of the molecule is O=C(C1CCCN(S(=O)(=O)c2ccc(Cl)s2)C1)N(Cc1cccnc1)c1nc2ccc(Br)cc2s1. The number of sulfonamides is 1. The van der Waals surface area contributed by atoms with Gasteiger partial charge in [-0.2, -0.15) is 4.31 Å². The van der Waals surface area contributed by atoms with Crippen molar-refractivity contribution in [3.63, 3.8) is 0 Å². The van der Waals surface area contributed by atoms with Crippen LogP contribution in [-0.4, -0.2) is 41.7 Å². The van der Waals surface area contributed by atoms with Crippen LogP contribution in [0.3, 0.4) is 0 Å². The summed E-state index contributed by atoms with van der Waals surface area (Å²) >= 11 is 11.9. The molecule has 1 unspecified atom stereocenters. The minimum absolute atomic E-state index is 0.122. The molecule has 12 heteroatoms. The predicted octanol–water partition coefficient (Wildman–Crippen LogP) is 5.80. The van der Waals surface area contributed by atoms with Crippen LogP contribution in [0.5, 0.6) is 0 Å². The first-order valence-corrected chi connectivity index (χ1v) is 15.1. The number of rotatable bonds is 6. The van der Waals surface area contributed by atoms with Gasteiger partial charge in [-0.05, 0) is 54.8 Å². The van der Waals surface area contributed by atoms with Gasteiger partial charge in [0.25, 0.3) is 10.0 Å². The van der Waals surface area contributed by atoms with Gasteiger partial charge in [0, 0.05) is 30.0 Å². The predicted molar refractivity (Wildman–Crippen MR) is 144 cm³/mol. The van der Waals surface area contributed by atoms with Gasteiger partial charge in [-0.15, -0.1) is 11.3 Å². The molecule has 1 amide bonds. The molecular weight excluding hydrogens is 592 g/mol. The van der Waals surface area contributed by atoms with Gasteiger partial charge in [-0.1, -0.05) is 44.9 Å². The van der Waals surface area contributed by atoms with Crippen LogP contribution < -0.4 is 4.90 Å². The van der Waals surface area contributed by atoms with E-state index in [0.29, 0.717) is 35.4 Å². The number of thiazole rings is 1. The largest absolute Gasteiger partial charge is 0.283 e. The molecule has 4 aromatic rings. The van der Waals surface area contributed by atoms with E-state index in [1.807, 2.05) is 30.3 Å². The molecule has 1 aliphatic rings. The summed E-state index contributed by atoms with van der Waals surface area (Å²) < 4.78 is 30.3. The lowest BCUT2D eigenvalue weighted by molar-refractivity contribution is -0.123. The van der Waals surface area contributed by atoms with Crippen molar-refractivity contribution in [2.45, 2.75) is 23.6 Å². The highest BCUT2D eigenvalue weighted by atomic mass is 79.9. The summed E-state index contributed by atoms with van der Waals surface area (Å²) in [4.78, 5) is 24.4. The minimum atomic E-state index is -3.71. The topological polar surface area (TPSA) is 83.5 Å². The first kappa shape index (κ1) is 24.8. The second-order valence-electron chi connectivity index (χ2n) is 8.15. The summed E-state index contributed by atoms with van der Waals surface area (Å²) in [5.74, 6) is -0.625. The van der Waals surface area contributed by atoms with Crippen LogP contribution in [0.4, 0.5) is 5.13 Å². The van der Waals surface area contributed by atoms with E-state index in [9.17, 15) is 13.2 Å². The van der Waals surface area contributed by atoms with E-state index >= 15 is 0 Å². The van der Waals surface area contributed by atoms with Crippen molar-refractivity contribution in [3.05, 3.63) is 69.2 Å². The van der Waals surface area contributed by atoms with Gasteiger partial charge in [0.15, 0.2) is 5.13 Å². The molecule has 1 fully saturated rings. The van der Waals surface area contributed by atoms with Crippen molar-refractivity contribution in [2.24, 2.45) is 5.92 Å². The number of pyridine rings is 1. The Kier molecular flexibility index (Phi) is 7.25. The first-order valence-electron chi connectivity index (χ1n) is 10.8. The molecule has 7 nitrogen and oxygen atoms in total. The maximum atomic E-state index is 13.9. The first-order chi connectivity index (χ1) is 16.8. The third-order valence-corrected chi connectivity index (χ3v) is 10.9. The quantitative estimate of drug-likeness (QED) is 0.275. The fraction of sp³-hybridized carbons (Fsp3) is 0.261. The van der Waals surface area contributed by atoms with Gasteiger partial charge in [0.1, 0.15) is 4.21 Å². The van der Waals surface area contributed by atoms with Crippen LogP contribution in [-0.2, 0) is 21.4 Å². The van der Waals surface area contributed by atoms with Crippen molar-refractivity contribution < 1.29 is 13.2 Å². The van der Waals surface area contributed by atoms with E-state index in [4.69, 9.17) is 16.6 Å². The summed E-state index contributed by atoms with van der Waals surface area (Å²) in [5, 5.41) is 0.581. The molecule has 1 atom stereocenters. The molecule has 182 valence electrons. The van der Waals surface area contributed by atoms with Gasteiger partial charge in [0.05, 0.1) is 27.0 Å². The standard InChI is InChI=1S/C23H20BrClN4O3S3/c24-17-5-6-18-19(11-17)33-23(27-18)29(13-15-3-1-9-26-12-15)22(30)16-4-2-10-28(14-16)35(31,32)21-8-7-20(25)34-21/h1,3,5-9,11-12,16H,2,4,10,13-14H2. The van der Waals surface area contributed by atoms with Crippen LogP contribution in [0.1, 0.15) is 18.4 Å². The van der Waals surface area contributed by atoms with Crippen LogP contribution in [0.25, 0.3) is 10.2 Å². The lowest BCUT2D eigenvalue weighted by atomic mass is 9.98. The Morgan fingerprint density at radius 2 is 2.09 bits per heavy atom. The smallest absolute Gasteiger partial charge is 0.252 e. The van der Waals surface area contributed by atoms with Crippen molar-refractivity contribution in [1.82, 2.24) is 14.3 Å². The monoisotopic (exact) mass is 610 g/mol. The number of carbonyl (C=O) groups excluding carboxylic acids is 1. The number of nitrogens with zero attached hydrogens (tertiary/aromatic N) is 4. The van der Waals surface area contributed by atoms with Crippen LogP contribution in [0.15, 0.2) is 63.5 Å². The molecular formula is C23H20BrClN4O3S3. The van der Waals surface area contributed by atoms with Crippen molar-refractivity contribution >= 4 is 81.5 Å². The second-order valence-corrected chi connectivity index (χ2v) is 14.0. The molecule has 0 spiro atoms. The van der Waals surface area contributed by atoms with E-state index in [0.717, 1.165) is 31.6 Å². The van der Waals surface area contributed by atoms with Crippen LogP contribution in [0.2, 0.25) is 4.34 Å². The Balaban J connectivity index is 1.45. The summed E-state index contributed by atoms with van der Waals surface area (Å²) in [6.07, 6.45) is 4.62. The number of hydrogen-bond acceptors (Lipinski definition) is 7.